The first-order valence-corrected chi connectivity index (χ1v) is 9.49. The van der Waals surface area contributed by atoms with Crippen molar-refractivity contribution in [3.63, 3.8) is 0 Å². The van der Waals surface area contributed by atoms with Crippen molar-refractivity contribution in [2.75, 3.05) is 26.2 Å². The minimum atomic E-state index is -4.56. The molecular weight excluding hydrogens is 377 g/mol. The third-order valence-corrected chi connectivity index (χ3v) is 6.30. The maximum atomic E-state index is 13.0. The Morgan fingerprint density at radius 3 is 2.36 bits per heavy atom. The maximum Gasteiger partial charge on any atom is 0.416 e. The minimum Gasteiger partial charge on any atom is -0.317 e. The lowest BCUT2D eigenvalue weighted by Crippen LogP contribution is -2.40. The number of alkyl halides is 3. The van der Waals surface area contributed by atoms with Crippen LogP contribution >= 0.6 is 12.4 Å². The Morgan fingerprint density at radius 2 is 1.84 bits per heavy atom. The fraction of sp³-hybridized carbons (Fsp3) is 0.625. The van der Waals surface area contributed by atoms with E-state index in [2.05, 4.69) is 5.32 Å². The quantitative estimate of drug-likeness (QED) is 0.823. The van der Waals surface area contributed by atoms with Crippen LogP contribution < -0.4 is 5.32 Å². The Balaban J connectivity index is 0.00000312. The molecule has 0 atom stereocenters. The largest absolute Gasteiger partial charge is 0.416 e. The van der Waals surface area contributed by atoms with Crippen LogP contribution in [0.5, 0.6) is 0 Å². The summed E-state index contributed by atoms with van der Waals surface area (Å²) in [4.78, 5) is -0.287. The second-order valence-electron chi connectivity index (χ2n) is 6.13. The lowest BCUT2D eigenvalue weighted by Gasteiger charge is -2.31. The van der Waals surface area contributed by atoms with E-state index < -0.39 is 21.8 Å². The van der Waals surface area contributed by atoms with Gasteiger partial charge in [-0.05, 0) is 56.5 Å². The second kappa shape index (κ2) is 8.70. The lowest BCUT2D eigenvalue weighted by atomic mass is 9.98. The van der Waals surface area contributed by atoms with E-state index in [-0.39, 0.29) is 22.9 Å². The molecule has 0 saturated carbocycles. The van der Waals surface area contributed by atoms with Crippen molar-refractivity contribution in [2.24, 2.45) is 5.92 Å². The standard InChI is InChI=1S/C16H23F3N2O2S.ClH/c1-3-20-11-13-6-8-21(9-7-13)24(22,23)14-5-4-12(2)15(10-14)16(17,18)19;/h4-5,10,13,20H,3,6-9,11H2,1-2H3;1H. The summed E-state index contributed by atoms with van der Waals surface area (Å²) in [5.74, 6) is 0.403. The first-order valence-electron chi connectivity index (χ1n) is 8.05. The van der Waals surface area contributed by atoms with Crippen molar-refractivity contribution < 1.29 is 21.6 Å². The molecule has 1 aliphatic rings. The molecule has 9 heteroatoms. The van der Waals surface area contributed by atoms with Crippen molar-refractivity contribution in [1.29, 1.82) is 0 Å². The maximum absolute atomic E-state index is 13.0. The molecule has 1 aromatic rings. The van der Waals surface area contributed by atoms with Crippen LogP contribution in [0.1, 0.15) is 30.9 Å². The van der Waals surface area contributed by atoms with E-state index >= 15 is 0 Å². The van der Waals surface area contributed by atoms with Gasteiger partial charge < -0.3 is 5.32 Å². The number of piperidine rings is 1. The van der Waals surface area contributed by atoms with Crippen LogP contribution in [0, 0.1) is 12.8 Å². The van der Waals surface area contributed by atoms with Crippen LogP contribution in [0.15, 0.2) is 23.1 Å². The van der Waals surface area contributed by atoms with Crippen LogP contribution in [-0.4, -0.2) is 38.9 Å². The number of hydrogen-bond acceptors (Lipinski definition) is 3. The topological polar surface area (TPSA) is 49.4 Å². The van der Waals surface area contributed by atoms with Crippen LogP contribution in [0.25, 0.3) is 0 Å². The molecule has 1 aromatic carbocycles. The summed E-state index contributed by atoms with van der Waals surface area (Å²) in [5.41, 5.74) is -0.878. The Kier molecular flexibility index (Phi) is 7.73. The number of benzene rings is 1. The zero-order valence-electron chi connectivity index (χ0n) is 14.3. The van der Waals surface area contributed by atoms with E-state index in [1.807, 2.05) is 6.92 Å². The van der Waals surface area contributed by atoms with Gasteiger partial charge in [-0.1, -0.05) is 13.0 Å². The van der Waals surface area contributed by atoms with Gasteiger partial charge in [0.1, 0.15) is 0 Å². The van der Waals surface area contributed by atoms with Gasteiger partial charge in [0.25, 0.3) is 0 Å². The van der Waals surface area contributed by atoms with Crippen molar-refractivity contribution in [3.8, 4) is 0 Å². The van der Waals surface area contributed by atoms with Gasteiger partial charge in [-0.25, -0.2) is 8.42 Å². The van der Waals surface area contributed by atoms with Crippen LogP contribution in [0.4, 0.5) is 13.2 Å². The smallest absolute Gasteiger partial charge is 0.317 e. The Labute approximate surface area is 153 Å². The lowest BCUT2D eigenvalue weighted by molar-refractivity contribution is -0.138. The van der Waals surface area contributed by atoms with Crippen molar-refractivity contribution >= 4 is 22.4 Å². The second-order valence-corrected chi connectivity index (χ2v) is 8.07. The van der Waals surface area contributed by atoms with Gasteiger partial charge in [-0.15, -0.1) is 12.4 Å². The van der Waals surface area contributed by atoms with E-state index in [0.29, 0.717) is 31.8 Å². The zero-order chi connectivity index (χ0) is 18.0. The summed E-state index contributed by atoms with van der Waals surface area (Å²) >= 11 is 0. The van der Waals surface area contributed by atoms with Gasteiger partial charge in [0.15, 0.2) is 0 Å². The Hall–Kier alpha value is -0.830. The zero-order valence-corrected chi connectivity index (χ0v) is 15.9. The minimum absolute atomic E-state index is 0. The molecule has 0 bridgehead atoms. The molecule has 0 aromatic heterocycles. The molecule has 0 radical (unpaired) electrons. The first-order chi connectivity index (χ1) is 11.2. The van der Waals surface area contributed by atoms with Crippen LogP contribution in [0.2, 0.25) is 0 Å². The molecule has 0 spiro atoms. The average Bonchev–Trinajstić information content (AvgIpc) is 2.52. The number of halogens is 4. The summed E-state index contributed by atoms with van der Waals surface area (Å²) in [6.07, 6.45) is -3.14. The highest BCUT2D eigenvalue weighted by atomic mass is 35.5. The summed E-state index contributed by atoms with van der Waals surface area (Å²) in [7, 11) is -3.89. The highest BCUT2D eigenvalue weighted by Gasteiger charge is 2.35. The number of aryl methyl sites for hydroxylation is 1. The summed E-state index contributed by atoms with van der Waals surface area (Å²) in [5, 5.41) is 3.24. The van der Waals surface area contributed by atoms with Crippen molar-refractivity contribution in [1.82, 2.24) is 9.62 Å². The third kappa shape index (κ3) is 5.32. The number of hydrogen-bond donors (Lipinski definition) is 1. The van der Waals surface area contributed by atoms with Gasteiger partial charge in [0.2, 0.25) is 10.0 Å². The highest BCUT2D eigenvalue weighted by molar-refractivity contribution is 7.89. The molecule has 1 fully saturated rings. The molecule has 0 unspecified atom stereocenters. The monoisotopic (exact) mass is 400 g/mol. The van der Waals surface area contributed by atoms with Crippen molar-refractivity contribution in [2.45, 2.75) is 37.8 Å². The Morgan fingerprint density at radius 1 is 1.24 bits per heavy atom. The van der Waals surface area contributed by atoms with E-state index in [1.54, 1.807) is 0 Å². The average molecular weight is 401 g/mol. The molecule has 25 heavy (non-hydrogen) atoms. The predicted molar refractivity (Wildman–Crippen MR) is 93.5 cm³/mol. The van der Waals surface area contributed by atoms with E-state index in [4.69, 9.17) is 0 Å². The van der Waals surface area contributed by atoms with Gasteiger partial charge >= 0.3 is 6.18 Å². The van der Waals surface area contributed by atoms with Gasteiger partial charge in [0.05, 0.1) is 10.5 Å². The predicted octanol–water partition coefficient (Wildman–Crippen LogP) is 3.45. The van der Waals surface area contributed by atoms with Crippen LogP contribution in [-0.2, 0) is 16.2 Å². The Bertz CT molecular complexity index is 672. The SMILES string of the molecule is CCNCC1CCN(S(=O)(=O)c2ccc(C)c(C(F)(F)F)c2)CC1.Cl. The molecular formula is C16H24ClF3N2O2S. The molecule has 0 aliphatic carbocycles. The molecule has 1 heterocycles. The molecule has 4 nitrogen and oxygen atoms in total. The number of nitrogens with one attached hydrogen (secondary N) is 1. The number of rotatable bonds is 5. The van der Waals surface area contributed by atoms with Gasteiger partial charge in [-0.2, -0.15) is 17.5 Å². The van der Waals surface area contributed by atoms with Gasteiger partial charge in [0, 0.05) is 13.1 Å². The van der Waals surface area contributed by atoms with Crippen molar-refractivity contribution in [3.05, 3.63) is 29.3 Å². The summed E-state index contributed by atoms with van der Waals surface area (Å²) in [6, 6.07) is 3.22. The summed E-state index contributed by atoms with van der Waals surface area (Å²) in [6.45, 7) is 5.72. The van der Waals surface area contributed by atoms with Gasteiger partial charge in [-0.3, -0.25) is 0 Å². The highest BCUT2D eigenvalue weighted by Crippen LogP contribution is 2.34. The summed E-state index contributed by atoms with van der Waals surface area (Å²) < 4.78 is 65.6. The fourth-order valence-corrected chi connectivity index (χ4v) is 4.41. The van der Waals surface area contributed by atoms with E-state index in [1.165, 1.54) is 23.4 Å². The molecule has 1 aliphatic heterocycles. The molecule has 2 rings (SSSR count). The third-order valence-electron chi connectivity index (χ3n) is 4.41. The fourth-order valence-electron chi connectivity index (χ4n) is 2.92. The van der Waals surface area contributed by atoms with E-state index in [0.717, 1.165) is 19.2 Å². The number of nitrogens with zero attached hydrogens (tertiary/aromatic N) is 1. The normalized spacial score (nSPS) is 17.3. The number of sulfonamides is 1. The first kappa shape index (κ1) is 22.2. The van der Waals surface area contributed by atoms with E-state index in [9.17, 15) is 21.6 Å². The van der Waals surface area contributed by atoms with Crippen LogP contribution in [0.3, 0.4) is 0 Å². The molecule has 0 amide bonds. The molecule has 144 valence electrons. The molecule has 1 N–H and O–H groups in total. The molecule has 1 saturated heterocycles.